The van der Waals surface area contributed by atoms with Crippen molar-refractivity contribution in [3.05, 3.63) is 64.7 Å². The fraction of sp³-hybridized carbons (Fsp3) is 0.294. The van der Waals surface area contributed by atoms with Crippen molar-refractivity contribution in [1.29, 1.82) is 0 Å². The minimum atomic E-state index is -0.686. The summed E-state index contributed by atoms with van der Waals surface area (Å²) in [4.78, 5) is 0. The fourth-order valence-electron chi connectivity index (χ4n) is 2.76. The van der Waals surface area contributed by atoms with Crippen LogP contribution in [0.25, 0.3) is 0 Å². The Labute approximate surface area is 133 Å². The molecule has 116 valence electrons. The van der Waals surface area contributed by atoms with Crippen LogP contribution in [0, 0.1) is 17.6 Å². The maximum absolute atomic E-state index is 14.0. The lowest BCUT2D eigenvalue weighted by molar-refractivity contribution is 0.138. The molecule has 0 aliphatic carbocycles. The first kappa shape index (κ1) is 15.3. The topological polar surface area (TPSA) is 21.3 Å². The fourth-order valence-corrected chi connectivity index (χ4v) is 2.96. The highest BCUT2D eigenvalue weighted by atomic mass is 35.5. The lowest BCUT2D eigenvalue weighted by Crippen LogP contribution is -2.22. The smallest absolute Gasteiger partial charge is 0.177 e. The van der Waals surface area contributed by atoms with Gasteiger partial charge in [-0.25, -0.2) is 8.78 Å². The molecular weight excluding hydrogens is 308 g/mol. The van der Waals surface area contributed by atoms with Crippen molar-refractivity contribution >= 4 is 11.6 Å². The Balaban J connectivity index is 1.95. The van der Waals surface area contributed by atoms with E-state index in [0.717, 1.165) is 37.2 Å². The molecule has 0 spiro atoms. The molecular formula is C17H16ClF2NO. The first-order valence-corrected chi connectivity index (χ1v) is 7.60. The Hall–Kier alpha value is -1.65. The molecule has 0 bridgehead atoms. The van der Waals surface area contributed by atoms with Crippen LogP contribution in [-0.4, -0.2) is 13.1 Å². The Morgan fingerprint density at radius 3 is 2.50 bits per heavy atom. The minimum absolute atomic E-state index is 0.182. The molecule has 1 heterocycles. The van der Waals surface area contributed by atoms with Crippen molar-refractivity contribution in [2.24, 2.45) is 5.92 Å². The maximum atomic E-state index is 14.0. The van der Waals surface area contributed by atoms with Gasteiger partial charge in [0.1, 0.15) is 16.9 Å². The van der Waals surface area contributed by atoms with Crippen LogP contribution in [0.5, 0.6) is 5.75 Å². The van der Waals surface area contributed by atoms with Crippen LogP contribution in [-0.2, 0) is 0 Å². The average Bonchev–Trinajstić information content (AvgIpc) is 3.06. The van der Waals surface area contributed by atoms with Crippen molar-refractivity contribution in [2.75, 3.05) is 13.1 Å². The van der Waals surface area contributed by atoms with E-state index in [4.69, 9.17) is 16.3 Å². The van der Waals surface area contributed by atoms with Crippen molar-refractivity contribution in [1.82, 2.24) is 5.32 Å². The molecule has 22 heavy (non-hydrogen) atoms. The number of nitrogens with one attached hydrogen (secondary N) is 1. The van der Waals surface area contributed by atoms with E-state index in [1.165, 1.54) is 0 Å². The molecule has 3 rings (SSSR count). The summed E-state index contributed by atoms with van der Waals surface area (Å²) in [6, 6.07) is 11.6. The number of halogens is 3. The SMILES string of the molecule is Fc1ccc(F)c(OC(c2ccccc2)[C@@H]2CCNC2)c1Cl. The van der Waals surface area contributed by atoms with Gasteiger partial charge in [0.2, 0.25) is 0 Å². The highest BCUT2D eigenvalue weighted by Crippen LogP contribution is 2.37. The number of benzene rings is 2. The molecule has 2 aromatic rings. The van der Waals surface area contributed by atoms with Crippen LogP contribution in [0.4, 0.5) is 8.78 Å². The summed E-state index contributed by atoms with van der Waals surface area (Å²) in [7, 11) is 0. The lowest BCUT2D eigenvalue weighted by atomic mass is 9.95. The summed E-state index contributed by atoms with van der Waals surface area (Å²) in [5, 5.41) is 2.96. The molecule has 2 atom stereocenters. The van der Waals surface area contributed by atoms with Gasteiger partial charge in [-0.3, -0.25) is 0 Å². The quantitative estimate of drug-likeness (QED) is 0.845. The molecule has 0 amide bonds. The zero-order chi connectivity index (χ0) is 15.5. The van der Waals surface area contributed by atoms with Gasteiger partial charge in [0, 0.05) is 12.5 Å². The van der Waals surface area contributed by atoms with Crippen molar-refractivity contribution in [2.45, 2.75) is 12.5 Å². The summed E-state index contributed by atoms with van der Waals surface area (Å²) in [5.41, 5.74) is 0.927. The first-order chi connectivity index (χ1) is 10.7. The van der Waals surface area contributed by atoms with E-state index in [9.17, 15) is 8.78 Å². The summed E-state index contributed by atoms with van der Waals surface area (Å²) < 4.78 is 33.4. The van der Waals surface area contributed by atoms with Gasteiger partial charge in [-0.1, -0.05) is 41.9 Å². The predicted molar refractivity (Wildman–Crippen MR) is 82.2 cm³/mol. The number of hydrogen-bond acceptors (Lipinski definition) is 2. The second-order valence-corrected chi connectivity index (χ2v) is 5.75. The number of ether oxygens (including phenoxy) is 1. The van der Waals surface area contributed by atoms with Crippen molar-refractivity contribution < 1.29 is 13.5 Å². The molecule has 1 unspecified atom stereocenters. The highest BCUT2D eigenvalue weighted by molar-refractivity contribution is 6.32. The van der Waals surface area contributed by atoms with E-state index < -0.39 is 11.6 Å². The predicted octanol–water partition coefficient (Wildman–Crippen LogP) is 4.35. The van der Waals surface area contributed by atoms with Crippen LogP contribution in [0.2, 0.25) is 5.02 Å². The second kappa shape index (κ2) is 6.63. The Morgan fingerprint density at radius 2 is 1.82 bits per heavy atom. The molecule has 1 aliphatic heterocycles. The van der Waals surface area contributed by atoms with E-state index in [-0.39, 0.29) is 22.8 Å². The van der Waals surface area contributed by atoms with Gasteiger partial charge in [0.15, 0.2) is 11.6 Å². The monoisotopic (exact) mass is 323 g/mol. The molecule has 1 fully saturated rings. The molecule has 5 heteroatoms. The van der Waals surface area contributed by atoms with Crippen LogP contribution in [0.3, 0.4) is 0 Å². The summed E-state index contributed by atoms with van der Waals surface area (Å²) in [6.45, 7) is 1.66. The van der Waals surface area contributed by atoms with Crippen LogP contribution in [0.1, 0.15) is 18.1 Å². The largest absolute Gasteiger partial charge is 0.481 e. The maximum Gasteiger partial charge on any atom is 0.177 e. The average molecular weight is 324 g/mol. The lowest BCUT2D eigenvalue weighted by Gasteiger charge is -2.25. The van der Waals surface area contributed by atoms with E-state index >= 15 is 0 Å². The second-order valence-electron chi connectivity index (χ2n) is 5.37. The van der Waals surface area contributed by atoms with E-state index in [2.05, 4.69) is 5.32 Å². The van der Waals surface area contributed by atoms with Gasteiger partial charge in [0.25, 0.3) is 0 Å². The standard InChI is InChI=1S/C17H16ClF2NO/c18-15-13(19)6-7-14(20)17(15)22-16(12-8-9-21-10-12)11-4-2-1-3-5-11/h1-7,12,16,21H,8-10H2/t12-,16?/m1/s1. The van der Waals surface area contributed by atoms with Crippen LogP contribution < -0.4 is 10.1 Å². The third kappa shape index (κ3) is 3.08. The van der Waals surface area contributed by atoms with Gasteiger partial charge < -0.3 is 10.1 Å². The summed E-state index contributed by atoms with van der Waals surface area (Å²) >= 11 is 5.88. The van der Waals surface area contributed by atoms with Gasteiger partial charge >= 0.3 is 0 Å². The van der Waals surface area contributed by atoms with Gasteiger partial charge in [-0.15, -0.1) is 0 Å². The van der Waals surface area contributed by atoms with E-state index in [1.54, 1.807) is 0 Å². The van der Waals surface area contributed by atoms with Crippen LogP contribution >= 0.6 is 11.6 Å². The van der Waals surface area contributed by atoms with Crippen molar-refractivity contribution in [3.63, 3.8) is 0 Å². The molecule has 1 saturated heterocycles. The molecule has 0 saturated carbocycles. The molecule has 2 nitrogen and oxygen atoms in total. The van der Waals surface area contributed by atoms with Crippen molar-refractivity contribution in [3.8, 4) is 5.75 Å². The number of rotatable bonds is 4. The van der Waals surface area contributed by atoms with E-state index in [1.807, 2.05) is 30.3 Å². The zero-order valence-electron chi connectivity index (χ0n) is 11.9. The summed E-state index contributed by atoms with van der Waals surface area (Å²) in [5.74, 6) is -1.38. The molecule has 0 radical (unpaired) electrons. The summed E-state index contributed by atoms with van der Waals surface area (Å²) in [6.07, 6.45) is 0.540. The molecule has 1 N–H and O–H groups in total. The van der Waals surface area contributed by atoms with Gasteiger partial charge in [-0.05, 0) is 30.7 Å². The minimum Gasteiger partial charge on any atom is -0.481 e. The Morgan fingerprint density at radius 1 is 1.09 bits per heavy atom. The molecule has 1 aliphatic rings. The zero-order valence-corrected chi connectivity index (χ0v) is 12.6. The normalized spacial score (nSPS) is 19.1. The molecule has 0 aromatic heterocycles. The Bertz CT molecular complexity index is 645. The van der Waals surface area contributed by atoms with Gasteiger partial charge in [0.05, 0.1) is 0 Å². The highest BCUT2D eigenvalue weighted by Gasteiger charge is 2.29. The molecule has 2 aromatic carbocycles. The third-order valence-corrected chi connectivity index (χ3v) is 4.25. The third-order valence-electron chi connectivity index (χ3n) is 3.90. The first-order valence-electron chi connectivity index (χ1n) is 7.22. The van der Waals surface area contributed by atoms with Gasteiger partial charge in [-0.2, -0.15) is 0 Å². The Kier molecular flexibility index (Phi) is 4.60. The van der Waals surface area contributed by atoms with E-state index in [0.29, 0.717) is 0 Å². The number of hydrogen-bond donors (Lipinski definition) is 1. The van der Waals surface area contributed by atoms with Crippen LogP contribution in [0.15, 0.2) is 42.5 Å².